The van der Waals surface area contributed by atoms with Crippen LogP contribution in [0.2, 0.25) is 0 Å². The SMILES string of the molecule is COc1ccc(-n2c(C)cc(C(=O)N3CCO[C@H](C(=O)O)C3)c2C)cc1. The first-order valence-electron chi connectivity index (χ1n) is 8.39. The molecular weight excluding hydrogens is 336 g/mol. The molecule has 26 heavy (non-hydrogen) atoms. The Morgan fingerprint density at radius 3 is 2.54 bits per heavy atom. The average Bonchev–Trinajstić information content (AvgIpc) is 2.95. The van der Waals surface area contributed by atoms with E-state index in [0.717, 1.165) is 22.8 Å². The van der Waals surface area contributed by atoms with Crippen molar-refractivity contribution in [1.29, 1.82) is 0 Å². The molecule has 0 unspecified atom stereocenters. The molecule has 0 bridgehead atoms. The fourth-order valence-electron chi connectivity index (χ4n) is 3.26. The van der Waals surface area contributed by atoms with E-state index in [1.54, 1.807) is 12.0 Å². The van der Waals surface area contributed by atoms with Gasteiger partial charge < -0.3 is 24.0 Å². The molecule has 0 radical (unpaired) electrons. The molecule has 1 aliphatic rings. The Bertz CT molecular complexity index is 825. The maximum Gasteiger partial charge on any atom is 0.334 e. The monoisotopic (exact) mass is 358 g/mol. The number of carboxylic acids is 1. The van der Waals surface area contributed by atoms with Gasteiger partial charge in [0.25, 0.3) is 5.91 Å². The van der Waals surface area contributed by atoms with Gasteiger partial charge in [0.15, 0.2) is 6.10 Å². The van der Waals surface area contributed by atoms with E-state index in [9.17, 15) is 9.59 Å². The summed E-state index contributed by atoms with van der Waals surface area (Å²) in [6.45, 7) is 4.49. The van der Waals surface area contributed by atoms with Gasteiger partial charge in [0, 0.05) is 23.6 Å². The van der Waals surface area contributed by atoms with E-state index < -0.39 is 12.1 Å². The van der Waals surface area contributed by atoms with Gasteiger partial charge in [0.1, 0.15) is 5.75 Å². The molecule has 1 fully saturated rings. The molecule has 1 saturated heterocycles. The Labute approximate surface area is 151 Å². The maximum atomic E-state index is 12.9. The first-order valence-corrected chi connectivity index (χ1v) is 8.39. The third-order valence-corrected chi connectivity index (χ3v) is 4.62. The zero-order valence-corrected chi connectivity index (χ0v) is 15.1. The Kier molecular flexibility index (Phi) is 4.99. The quantitative estimate of drug-likeness (QED) is 0.904. The Hall–Kier alpha value is -2.80. The topological polar surface area (TPSA) is 81.0 Å². The molecule has 7 heteroatoms. The number of morpholine rings is 1. The zero-order chi connectivity index (χ0) is 18.8. The molecule has 138 valence electrons. The van der Waals surface area contributed by atoms with Gasteiger partial charge in [0.05, 0.1) is 25.8 Å². The number of carbonyl (C=O) groups is 2. The predicted octanol–water partition coefficient (Wildman–Crippen LogP) is 2.03. The summed E-state index contributed by atoms with van der Waals surface area (Å²) in [6, 6.07) is 9.45. The molecule has 1 aromatic carbocycles. The van der Waals surface area contributed by atoms with Gasteiger partial charge in [-0.15, -0.1) is 0 Å². The number of aryl methyl sites for hydroxylation is 1. The Balaban J connectivity index is 1.89. The molecule has 1 aromatic heterocycles. The largest absolute Gasteiger partial charge is 0.497 e. The van der Waals surface area contributed by atoms with Gasteiger partial charge in [-0.25, -0.2) is 4.79 Å². The van der Waals surface area contributed by atoms with Gasteiger partial charge in [-0.2, -0.15) is 0 Å². The van der Waals surface area contributed by atoms with E-state index >= 15 is 0 Å². The molecule has 1 aliphatic heterocycles. The van der Waals surface area contributed by atoms with Crippen molar-refractivity contribution in [3.63, 3.8) is 0 Å². The molecule has 3 rings (SSSR count). The number of methoxy groups -OCH3 is 1. The molecule has 7 nitrogen and oxygen atoms in total. The van der Waals surface area contributed by atoms with Gasteiger partial charge in [-0.3, -0.25) is 4.79 Å². The first-order chi connectivity index (χ1) is 12.4. The second-order valence-corrected chi connectivity index (χ2v) is 6.27. The number of benzene rings is 1. The van der Waals surface area contributed by atoms with E-state index in [1.807, 2.05) is 48.7 Å². The van der Waals surface area contributed by atoms with E-state index in [0.29, 0.717) is 12.1 Å². The number of carboxylic acid groups (broad SMARTS) is 1. The van der Waals surface area contributed by atoms with E-state index in [2.05, 4.69) is 0 Å². The van der Waals surface area contributed by atoms with Crippen molar-refractivity contribution in [2.45, 2.75) is 20.0 Å². The van der Waals surface area contributed by atoms with Crippen LogP contribution < -0.4 is 4.74 Å². The Morgan fingerprint density at radius 1 is 1.23 bits per heavy atom. The van der Waals surface area contributed by atoms with Crippen molar-refractivity contribution in [2.24, 2.45) is 0 Å². The van der Waals surface area contributed by atoms with E-state index in [1.165, 1.54) is 0 Å². The lowest BCUT2D eigenvalue weighted by atomic mass is 10.2. The molecule has 1 N–H and O–H groups in total. The standard InChI is InChI=1S/C19H22N2O5/c1-12-10-16(18(22)20-8-9-26-17(11-20)19(23)24)13(2)21(12)14-4-6-15(25-3)7-5-14/h4-7,10,17H,8-9,11H2,1-3H3,(H,23,24)/t17-/m0/s1. The number of aromatic nitrogens is 1. The molecule has 0 saturated carbocycles. The number of aliphatic carboxylic acids is 1. The summed E-state index contributed by atoms with van der Waals surface area (Å²) < 4.78 is 12.4. The molecule has 0 spiro atoms. The number of nitrogens with zero attached hydrogens (tertiary/aromatic N) is 2. The highest BCUT2D eigenvalue weighted by Crippen LogP contribution is 2.24. The molecular formula is C19H22N2O5. The molecule has 0 aliphatic carbocycles. The van der Waals surface area contributed by atoms with Crippen molar-refractivity contribution in [3.05, 3.63) is 47.3 Å². The Morgan fingerprint density at radius 2 is 1.92 bits per heavy atom. The van der Waals surface area contributed by atoms with Crippen LogP contribution in [-0.4, -0.2) is 59.4 Å². The van der Waals surface area contributed by atoms with Crippen LogP contribution in [0, 0.1) is 13.8 Å². The van der Waals surface area contributed by atoms with Crippen molar-refractivity contribution in [2.75, 3.05) is 26.8 Å². The summed E-state index contributed by atoms with van der Waals surface area (Å²) in [6.07, 6.45) is -0.974. The number of ether oxygens (including phenoxy) is 2. The van der Waals surface area contributed by atoms with Gasteiger partial charge in [0.2, 0.25) is 0 Å². The highest BCUT2D eigenvalue weighted by atomic mass is 16.5. The van der Waals surface area contributed by atoms with Crippen LogP contribution in [0.1, 0.15) is 21.7 Å². The summed E-state index contributed by atoms with van der Waals surface area (Å²) in [5.74, 6) is -0.459. The lowest BCUT2D eigenvalue weighted by molar-refractivity contribution is -0.154. The van der Waals surface area contributed by atoms with Crippen LogP contribution in [0.15, 0.2) is 30.3 Å². The second-order valence-electron chi connectivity index (χ2n) is 6.27. The fraction of sp³-hybridized carbons (Fsp3) is 0.368. The van der Waals surface area contributed by atoms with Crippen molar-refractivity contribution in [3.8, 4) is 11.4 Å². The summed E-state index contributed by atoms with van der Waals surface area (Å²) in [4.78, 5) is 25.6. The third-order valence-electron chi connectivity index (χ3n) is 4.62. The minimum Gasteiger partial charge on any atom is -0.497 e. The van der Waals surface area contributed by atoms with E-state index in [-0.39, 0.29) is 19.1 Å². The van der Waals surface area contributed by atoms with Crippen LogP contribution in [0.4, 0.5) is 0 Å². The second kappa shape index (κ2) is 7.21. The summed E-state index contributed by atoms with van der Waals surface area (Å²) in [5, 5.41) is 9.13. The van der Waals surface area contributed by atoms with Crippen LogP contribution in [0.3, 0.4) is 0 Å². The van der Waals surface area contributed by atoms with Crippen molar-refractivity contribution in [1.82, 2.24) is 9.47 Å². The highest BCUT2D eigenvalue weighted by molar-refractivity contribution is 5.96. The van der Waals surface area contributed by atoms with Crippen LogP contribution in [-0.2, 0) is 9.53 Å². The number of carbonyl (C=O) groups excluding carboxylic acids is 1. The smallest absolute Gasteiger partial charge is 0.334 e. The van der Waals surface area contributed by atoms with Gasteiger partial charge in [-0.1, -0.05) is 0 Å². The minimum atomic E-state index is -1.05. The van der Waals surface area contributed by atoms with Crippen molar-refractivity contribution < 1.29 is 24.2 Å². The lowest BCUT2D eigenvalue weighted by Crippen LogP contribution is -2.48. The predicted molar refractivity (Wildman–Crippen MR) is 95.1 cm³/mol. The fourth-order valence-corrected chi connectivity index (χ4v) is 3.26. The number of rotatable bonds is 4. The minimum absolute atomic E-state index is 0.0559. The average molecular weight is 358 g/mol. The first kappa shape index (κ1) is 18.0. The lowest BCUT2D eigenvalue weighted by Gasteiger charge is -2.30. The summed E-state index contributed by atoms with van der Waals surface area (Å²) in [5.41, 5.74) is 3.25. The number of hydrogen-bond acceptors (Lipinski definition) is 4. The van der Waals surface area contributed by atoms with Crippen molar-refractivity contribution >= 4 is 11.9 Å². The zero-order valence-electron chi connectivity index (χ0n) is 15.1. The molecule has 2 heterocycles. The van der Waals surface area contributed by atoms with Crippen LogP contribution in [0.25, 0.3) is 5.69 Å². The molecule has 2 aromatic rings. The van der Waals surface area contributed by atoms with Crippen LogP contribution in [0.5, 0.6) is 5.75 Å². The molecule has 1 atom stereocenters. The van der Waals surface area contributed by atoms with Gasteiger partial charge in [-0.05, 0) is 44.2 Å². The molecule has 1 amide bonds. The van der Waals surface area contributed by atoms with Crippen LogP contribution >= 0.6 is 0 Å². The maximum absolute atomic E-state index is 12.9. The third kappa shape index (κ3) is 3.30. The highest BCUT2D eigenvalue weighted by Gasteiger charge is 2.31. The number of amides is 1. The van der Waals surface area contributed by atoms with E-state index in [4.69, 9.17) is 14.6 Å². The van der Waals surface area contributed by atoms with Gasteiger partial charge >= 0.3 is 5.97 Å². The number of hydrogen-bond donors (Lipinski definition) is 1. The normalized spacial score (nSPS) is 17.2. The summed E-state index contributed by atoms with van der Waals surface area (Å²) in [7, 11) is 1.62. The summed E-state index contributed by atoms with van der Waals surface area (Å²) >= 11 is 0.